The van der Waals surface area contributed by atoms with Crippen LogP contribution in [0.25, 0.3) is 0 Å². The molecule has 1 rings (SSSR count). The Bertz CT molecular complexity index is 502. The van der Waals surface area contributed by atoms with E-state index in [1.54, 1.807) is 0 Å². The van der Waals surface area contributed by atoms with E-state index in [-0.39, 0.29) is 29.9 Å². The third-order valence-corrected chi connectivity index (χ3v) is 3.15. The molecule has 2 N–H and O–H groups in total. The first kappa shape index (κ1) is 16.3. The van der Waals surface area contributed by atoms with Crippen molar-refractivity contribution in [1.29, 1.82) is 0 Å². The van der Waals surface area contributed by atoms with E-state index in [2.05, 4.69) is 5.32 Å². The van der Waals surface area contributed by atoms with Crippen molar-refractivity contribution in [2.45, 2.75) is 26.8 Å². The van der Waals surface area contributed by atoms with Gasteiger partial charge in [0, 0.05) is 11.1 Å². The molecular formula is C14H18ClNO4. The maximum atomic E-state index is 11.7. The second-order valence-electron chi connectivity index (χ2n) is 4.83. The Labute approximate surface area is 122 Å². The minimum Gasteiger partial charge on any atom is -0.483 e. The highest BCUT2D eigenvalue weighted by Gasteiger charge is 2.15. The molecule has 0 saturated heterocycles. The summed E-state index contributed by atoms with van der Waals surface area (Å²) < 4.78 is 5.24. The average molecular weight is 300 g/mol. The Morgan fingerprint density at radius 2 is 2.00 bits per heavy atom. The van der Waals surface area contributed by atoms with Crippen LogP contribution in [0.2, 0.25) is 5.02 Å². The molecular weight excluding hydrogens is 282 g/mol. The minimum absolute atomic E-state index is 0.0234. The Balaban J connectivity index is 2.66. The van der Waals surface area contributed by atoms with Crippen LogP contribution < -0.4 is 10.1 Å². The molecule has 0 fully saturated rings. The van der Waals surface area contributed by atoms with Crippen LogP contribution in [0.15, 0.2) is 18.2 Å². The van der Waals surface area contributed by atoms with E-state index in [4.69, 9.17) is 21.4 Å². The summed E-state index contributed by atoms with van der Waals surface area (Å²) in [4.78, 5) is 22.7. The highest BCUT2D eigenvalue weighted by atomic mass is 35.5. The van der Waals surface area contributed by atoms with Crippen LogP contribution in [0.1, 0.15) is 31.1 Å². The molecule has 1 unspecified atom stereocenters. The third-order valence-electron chi connectivity index (χ3n) is 2.92. The lowest BCUT2D eigenvalue weighted by atomic mass is 10.1. The quantitative estimate of drug-likeness (QED) is 0.846. The number of carboxylic acid groups (broad SMARTS) is 1. The zero-order chi connectivity index (χ0) is 15.3. The molecule has 1 amide bonds. The maximum absolute atomic E-state index is 11.7. The van der Waals surface area contributed by atoms with Crippen molar-refractivity contribution in [3.05, 3.63) is 28.8 Å². The summed E-state index contributed by atoms with van der Waals surface area (Å²) in [5.41, 5.74) is -0.0674. The number of rotatable bonds is 6. The van der Waals surface area contributed by atoms with Gasteiger partial charge in [0.05, 0.1) is 0 Å². The van der Waals surface area contributed by atoms with E-state index >= 15 is 0 Å². The summed E-state index contributed by atoms with van der Waals surface area (Å²) in [6, 6.07) is 4.26. The predicted octanol–water partition coefficient (Wildman–Crippen LogP) is 2.58. The number of amides is 1. The van der Waals surface area contributed by atoms with Crippen LogP contribution >= 0.6 is 11.6 Å². The van der Waals surface area contributed by atoms with E-state index in [1.807, 2.05) is 20.8 Å². The molecule has 5 nitrogen and oxygen atoms in total. The van der Waals surface area contributed by atoms with Gasteiger partial charge < -0.3 is 15.2 Å². The van der Waals surface area contributed by atoms with Gasteiger partial charge in [-0.2, -0.15) is 0 Å². The molecule has 1 atom stereocenters. The SMILES string of the molecule is CC(C)C(C)NC(=O)COc1ccc(Cl)cc1C(=O)O. The number of nitrogens with one attached hydrogen (secondary N) is 1. The molecule has 6 heteroatoms. The van der Waals surface area contributed by atoms with Crippen LogP contribution in [0.4, 0.5) is 0 Å². The monoisotopic (exact) mass is 299 g/mol. The van der Waals surface area contributed by atoms with E-state index in [9.17, 15) is 9.59 Å². The molecule has 0 bridgehead atoms. The zero-order valence-corrected chi connectivity index (χ0v) is 12.4. The van der Waals surface area contributed by atoms with Crippen molar-refractivity contribution in [1.82, 2.24) is 5.32 Å². The molecule has 0 spiro atoms. The third kappa shape index (κ3) is 4.74. The van der Waals surface area contributed by atoms with Gasteiger partial charge in [0.2, 0.25) is 0 Å². The van der Waals surface area contributed by atoms with Gasteiger partial charge in [-0.1, -0.05) is 25.4 Å². The van der Waals surface area contributed by atoms with Crippen LogP contribution in [-0.4, -0.2) is 29.6 Å². The molecule has 0 saturated carbocycles. The van der Waals surface area contributed by atoms with Gasteiger partial charge in [0.1, 0.15) is 11.3 Å². The molecule has 0 aliphatic heterocycles. The number of carbonyl (C=O) groups excluding carboxylic acids is 1. The standard InChI is InChI=1S/C14H18ClNO4/c1-8(2)9(3)16-13(17)7-20-12-5-4-10(15)6-11(12)14(18)19/h4-6,8-9H,7H2,1-3H3,(H,16,17)(H,18,19). The average Bonchev–Trinajstić information content (AvgIpc) is 2.36. The molecule has 1 aromatic rings. The largest absolute Gasteiger partial charge is 0.483 e. The lowest BCUT2D eigenvalue weighted by Gasteiger charge is -2.17. The lowest BCUT2D eigenvalue weighted by Crippen LogP contribution is -2.39. The molecule has 0 heterocycles. The Hall–Kier alpha value is -1.75. The van der Waals surface area contributed by atoms with Gasteiger partial charge in [0.25, 0.3) is 5.91 Å². The van der Waals surface area contributed by atoms with Gasteiger partial charge >= 0.3 is 5.97 Å². The van der Waals surface area contributed by atoms with Crippen LogP contribution in [0.3, 0.4) is 0 Å². The van der Waals surface area contributed by atoms with Crippen molar-refractivity contribution in [3.63, 3.8) is 0 Å². The maximum Gasteiger partial charge on any atom is 0.339 e. The number of hydrogen-bond donors (Lipinski definition) is 2. The second kappa shape index (κ2) is 7.14. The Morgan fingerprint density at radius 1 is 1.35 bits per heavy atom. The fourth-order valence-corrected chi connectivity index (χ4v) is 1.57. The molecule has 0 aromatic heterocycles. The van der Waals surface area contributed by atoms with E-state index in [0.717, 1.165) is 0 Å². The number of ether oxygens (including phenoxy) is 1. The van der Waals surface area contributed by atoms with Gasteiger partial charge in [-0.25, -0.2) is 4.79 Å². The Kier molecular flexibility index (Phi) is 5.82. The van der Waals surface area contributed by atoms with Crippen LogP contribution in [0.5, 0.6) is 5.75 Å². The minimum atomic E-state index is -1.15. The second-order valence-corrected chi connectivity index (χ2v) is 5.27. The number of carboxylic acids is 1. The van der Waals surface area contributed by atoms with Crippen LogP contribution in [0, 0.1) is 5.92 Å². The van der Waals surface area contributed by atoms with Crippen molar-refractivity contribution >= 4 is 23.5 Å². The number of halogens is 1. The van der Waals surface area contributed by atoms with Gasteiger partial charge in [-0.15, -0.1) is 0 Å². The van der Waals surface area contributed by atoms with Crippen molar-refractivity contribution in [3.8, 4) is 5.75 Å². The van der Waals surface area contributed by atoms with E-state index in [1.165, 1.54) is 18.2 Å². The highest BCUT2D eigenvalue weighted by molar-refractivity contribution is 6.31. The van der Waals surface area contributed by atoms with E-state index in [0.29, 0.717) is 10.9 Å². The highest BCUT2D eigenvalue weighted by Crippen LogP contribution is 2.22. The summed E-state index contributed by atoms with van der Waals surface area (Å²) >= 11 is 5.73. The molecule has 1 aromatic carbocycles. The van der Waals surface area contributed by atoms with E-state index < -0.39 is 5.97 Å². The smallest absolute Gasteiger partial charge is 0.339 e. The number of benzene rings is 1. The summed E-state index contributed by atoms with van der Waals surface area (Å²) in [7, 11) is 0. The molecule has 20 heavy (non-hydrogen) atoms. The first-order valence-corrected chi connectivity index (χ1v) is 6.64. The Morgan fingerprint density at radius 3 is 2.55 bits per heavy atom. The topological polar surface area (TPSA) is 75.6 Å². The first-order valence-electron chi connectivity index (χ1n) is 6.26. The van der Waals surface area contributed by atoms with Gasteiger partial charge in [-0.3, -0.25) is 4.79 Å². The van der Waals surface area contributed by atoms with Gasteiger partial charge in [-0.05, 0) is 31.0 Å². The molecule has 0 aliphatic rings. The predicted molar refractivity (Wildman–Crippen MR) is 76.3 cm³/mol. The van der Waals surface area contributed by atoms with Crippen molar-refractivity contribution in [2.24, 2.45) is 5.92 Å². The summed E-state index contributed by atoms with van der Waals surface area (Å²) in [6.45, 7) is 5.65. The van der Waals surface area contributed by atoms with Gasteiger partial charge in [0.15, 0.2) is 6.61 Å². The molecule has 0 radical (unpaired) electrons. The van der Waals surface area contributed by atoms with Crippen LogP contribution in [-0.2, 0) is 4.79 Å². The lowest BCUT2D eigenvalue weighted by molar-refractivity contribution is -0.124. The summed E-state index contributed by atoms with van der Waals surface area (Å²) in [6.07, 6.45) is 0. The molecule has 0 aliphatic carbocycles. The molecule has 110 valence electrons. The fraction of sp³-hybridized carbons (Fsp3) is 0.429. The number of aromatic carboxylic acids is 1. The summed E-state index contributed by atoms with van der Waals surface area (Å²) in [5.74, 6) is -1.02. The summed E-state index contributed by atoms with van der Waals surface area (Å²) in [5, 5.41) is 12.1. The fourth-order valence-electron chi connectivity index (χ4n) is 1.40. The number of carbonyl (C=O) groups is 2. The number of hydrogen-bond acceptors (Lipinski definition) is 3. The van der Waals surface area contributed by atoms with Crippen molar-refractivity contribution < 1.29 is 19.4 Å². The zero-order valence-electron chi connectivity index (χ0n) is 11.6. The first-order chi connectivity index (χ1) is 9.31. The van der Waals surface area contributed by atoms with Crippen molar-refractivity contribution in [2.75, 3.05) is 6.61 Å². The normalized spacial score (nSPS) is 12.1.